The Balaban J connectivity index is 2.58. The van der Waals surface area contributed by atoms with Gasteiger partial charge in [-0.1, -0.05) is 31.3 Å². The van der Waals surface area contributed by atoms with Crippen LogP contribution in [-0.4, -0.2) is 19.2 Å². The quantitative estimate of drug-likeness (QED) is 0.649. The van der Waals surface area contributed by atoms with E-state index in [0.29, 0.717) is 15.6 Å². The maximum absolute atomic E-state index is 11.8. The Morgan fingerprint density at radius 2 is 2.07 bits per heavy atom. The zero-order valence-electron chi connectivity index (χ0n) is 8.23. The molecule has 0 radical (unpaired) electrons. The molecule has 1 heterocycles. The van der Waals surface area contributed by atoms with Crippen molar-refractivity contribution in [3.05, 3.63) is 34.9 Å². The predicted octanol–water partition coefficient (Wildman–Crippen LogP) is 1.31. The summed E-state index contributed by atoms with van der Waals surface area (Å²) in [4.78, 5) is 0.707. The van der Waals surface area contributed by atoms with Gasteiger partial charge in [-0.15, -0.1) is 0 Å². The Hall–Kier alpha value is -0.940. The van der Waals surface area contributed by atoms with Crippen molar-refractivity contribution >= 4 is 27.0 Å². The summed E-state index contributed by atoms with van der Waals surface area (Å²) in [7, 11) is -3.24. The lowest BCUT2D eigenvalue weighted by Crippen LogP contribution is -2.34. The van der Waals surface area contributed by atoms with Crippen LogP contribution >= 0.6 is 12.2 Å². The molecular formula is C10H11NO2S2. The number of hydrogen-bond acceptors (Lipinski definition) is 3. The first-order valence-electron chi connectivity index (χ1n) is 4.62. The van der Waals surface area contributed by atoms with Crippen LogP contribution in [0.1, 0.15) is 6.92 Å². The summed E-state index contributed by atoms with van der Waals surface area (Å²) in [6, 6.07) is 0. The van der Waals surface area contributed by atoms with Crippen molar-refractivity contribution in [3.63, 3.8) is 0 Å². The molecule has 0 aromatic heterocycles. The van der Waals surface area contributed by atoms with Gasteiger partial charge in [-0.3, -0.25) is 0 Å². The number of nitrogens with one attached hydrogen (secondary N) is 1. The average molecular weight is 241 g/mol. The lowest BCUT2D eigenvalue weighted by molar-refractivity contribution is 0.605. The third-order valence-electron chi connectivity index (χ3n) is 2.31. The fraction of sp³-hybridized carbons (Fsp3) is 0.300. The molecule has 0 saturated heterocycles. The molecule has 0 bridgehead atoms. The first kappa shape index (κ1) is 10.6. The second-order valence-corrected chi connectivity index (χ2v) is 6.11. The van der Waals surface area contributed by atoms with Crippen molar-refractivity contribution in [2.75, 3.05) is 5.75 Å². The van der Waals surface area contributed by atoms with Crippen LogP contribution in [0.25, 0.3) is 0 Å². The van der Waals surface area contributed by atoms with Crippen molar-refractivity contribution in [2.45, 2.75) is 6.92 Å². The highest BCUT2D eigenvalue weighted by Crippen LogP contribution is 2.23. The predicted molar refractivity (Wildman–Crippen MR) is 64.0 cm³/mol. The van der Waals surface area contributed by atoms with Gasteiger partial charge in [0, 0.05) is 0 Å². The van der Waals surface area contributed by atoms with Gasteiger partial charge in [0.1, 0.15) is 5.75 Å². The zero-order valence-corrected chi connectivity index (χ0v) is 9.86. The number of sulfone groups is 1. The van der Waals surface area contributed by atoms with E-state index in [4.69, 9.17) is 12.2 Å². The molecule has 1 aliphatic heterocycles. The number of allylic oxidation sites excluding steroid dienone is 4. The van der Waals surface area contributed by atoms with Gasteiger partial charge < -0.3 is 5.32 Å². The van der Waals surface area contributed by atoms with E-state index in [9.17, 15) is 8.42 Å². The topological polar surface area (TPSA) is 46.2 Å². The maximum Gasteiger partial charge on any atom is 0.186 e. The van der Waals surface area contributed by atoms with Crippen molar-refractivity contribution in [1.82, 2.24) is 5.32 Å². The highest BCUT2D eigenvalue weighted by Gasteiger charge is 2.27. The van der Waals surface area contributed by atoms with Gasteiger partial charge >= 0.3 is 0 Å². The van der Waals surface area contributed by atoms with Gasteiger partial charge in [0.05, 0.1) is 15.6 Å². The molecule has 0 aromatic carbocycles. The smallest absolute Gasteiger partial charge is 0.186 e. The summed E-state index contributed by atoms with van der Waals surface area (Å²) in [6.07, 6.45) is 7.24. The summed E-state index contributed by atoms with van der Waals surface area (Å²) in [5, 5.41) is 2.93. The molecule has 2 rings (SSSR count). The van der Waals surface area contributed by atoms with E-state index in [-0.39, 0.29) is 11.7 Å². The normalized spacial score (nSPS) is 28.3. The van der Waals surface area contributed by atoms with Crippen LogP contribution in [0, 0.1) is 5.92 Å². The molecule has 80 valence electrons. The van der Waals surface area contributed by atoms with Crippen LogP contribution < -0.4 is 5.32 Å². The van der Waals surface area contributed by atoms with Crippen LogP contribution in [0.5, 0.6) is 0 Å². The molecule has 0 fully saturated rings. The molecule has 5 heteroatoms. The fourth-order valence-corrected chi connectivity index (χ4v) is 3.42. The Morgan fingerprint density at radius 1 is 1.40 bits per heavy atom. The Labute approximate surface area is 94.5 Å². The van der Waals surface area contributed by atoms with Crippen LogP contribution in [-0.2, 0) is 9.84 Å². The van der Waals surface area contributed by atoms with E-state index in [2.05, 4.69) is 5.32 Å². The SMILES string of the molecule is CC1C=CC2=C(C=C1)S(=O)(=O)CC(=S)N2. The van der Waals surface area contributed by atoms with Crippen LogP contribution in [0.15, 0.2) is 34.9 Å². The number of rotatable bonds is 0. The van der Waals surface area contributed by atoms with E-state index in [1.165, 1.54) is 0 Å². The molecule has 15 heavy (non-hydrogen) atoms. The second-order valence-electron chi connectivity index (χ2n) is 3.66. The van der Waals surface area contributed by atoms with E-state index in [0.717, 1.165) is 0 Å². The molecule has 0 aromatic rings. The van der Waals surface area contributed by atoms with E-state index < -0.39 is 9.84 Å². The summed E-state index contributed by atoms with van der Waals surface area (Å²) in [6.45, 7) is 2.00. The molecular weight excluding hydrogens is 230 g/mol. The molecule has 1 N–H and O–H groups in total. The highest BCUT2D eigenvalue weighted by molar-refractivity contribution is 7.97. The van der Waals surface area contributed by atoms with Gasteiger partial charge in [0.2, 0.25) is 0 Å². The standard InChI is InChI=1S/C10H11NO2S2/c1-7-2-4-8-9(5-3-7)15(12,13)6-10(14)11-8/h2-5,7H,6H2,1H3,(H,11,14). The average Bonchev–Trinajstić information content (AvgIpc) is 2.27. The minimum Gasteiger partial charge on any atom is -0.348 e. The highest BCUT2D eigenvalue weighted by atomic mass is 32.2. The fourth-order valence-electron chi connectivity index (χ4n) is 1.53. The molecule has 2 aliphatic rings. The minimum atomic E-state index is -3.24. The third-order valence-corrected chi connectivity index (χ3v) is 4.44. The van der Waals surface area contributed by atoms with Crippen molar-refractivity contribution in [3.8, 4) is 0 Å². The molecule has 1 aliphatic carbocycles. The van der Waals surface area contributed by atoms with Crippen molar-refractivity contribution in [1.29, 1.82) is 0 Å². The molecule has 0 spiro atoms. The van der Waals surface area contributed by atoms with Gasteiger partial charge in [-0.25, -0.2) is 8.42 Å². The van der Waals surface area contributed by atoms with Crippen LogP contribution in [0.2, 0.25) is 0 Å². The molecule has 0 saturated carbocycles. The lowest BCUT2D eigenvalue weighted by Gasteiger charge is -2.18. The minimum absolute atomic E-state index is 0.0896. The molecule has 1 unspecified atom stereocenters. The Kier molecular flexibility index (Phi) is 2.52. The first-order chi connectivity index (χ1) is 6.99. The number of hydrogen-bond donors (Lipinski definition) is 1. The summed E-state index contributed by atoms with van der Waals surface area (Å²) in [5.74, 6) is 0.148. The van der Waals surface area contributed by atoms with Crippen LogP contribution in [0.4, 0.5) is 0 Å². The largest absolute Gasteiger partial charge is 0.348 e. The van der Waals surface area contributed by atoms with Gasteiger partial charge in [-0.05, 0) is 18.1 Å². The lowest BCUT2D eigenvalue weighted by atomic mass is 10.2. The van der Waals surface area contributed by atoms with E-state index in [1.807, 2.05) is 19.1 Å². The van der Waals surface area contributed by atoms with Gasteiger partial charge in [0.25, 0.3) is 0 Å². The monoisotopic (exact) mass is 241 g/mol. The summed E-state index contributed by atoms with van der Waals surface area (Å²) in [5.41, 5.74) is 0.590. The Morgan fingerprint density at radius 3 is 2.80 bits per heavy atom. The van der Waals surface area contributed by atoms with Crippen LogP contribution in [0.3, 0.4) is 0 Å². The second kappa shape index (κ2) is 3.57. The molecule has 0 amide bonds. The third kappa shape index (κ3) is 2.03. The van der Waals surface area contributed by atoms with Gasteiger partial charge in [0.15, 0.2) is 9.84 Å². The molecule has 3 nitrogen and oxygen atoms in total. The molecule has 1 atom stereocenters. The van der Waals surface area contributed by atoms with Gasteiger partial charge in [-0.2, -0.15) is 0 Å². The maximum atomic E-state index is 11.8. The zero-order chi connectivity index (χ0) is 11.1. The van der Waals surface area contributed by atoms with Crippen molar-refractivity contribution in [2.24, 2.45) is 5.92 Å². The van der Waals surface area contributed by atoms with E-state index in [1.54, 1.807) is 12.2 Å². The Bertz CT molecular complexity index is 498. The summed E-state index contributed by atoms with van der Waals surface area (Å²) >= 11 is 4.91. The number of thiocarbonyl (C=S) groups is 1. The first-order valence-corrected chi connectivity index (χ1v) is 6.68. The van der Waals surface area contributed by atoms with E-state index >= 15 is 0 Å². The van der Waals surface area contributed by atoms with Crippen molar-refractivity contribution < 1.29 is 8.42 Å². The summed E-state index contributed by atoms with van der Waals surface area (Å²) < 4.78 is 23.6.